The molecule has 1 saturated heterocycles. The van der Waals surface area contributed by atoms with Gasteiger partial charge in [-0.25, -0.2) is 8.42 Å². The monoisotopic (exact) mass is 335 g/mol. The summed E-state index contributed by atoms with van der Waals surface area (Å²) < 4.78 is 27.4. The van der Waals surface area contributed by atoms with E-state index in [1.54, 1.807) is 28.6 Å². The minimum Gasteiger partial charge on any atom is -0.207 e. The van der Waals surface area contributed by atoms with Crippen molar-refractivity contribution in [3.8, 4) is 0 Å². The Morgan fingerprint density at radius 1 is 1.05 bits per heavy atom. The molecule has 0 aromatic heterocycles. The Morgan fingerprint density at radius 2 is 1.68 bits per heavy atom. The van der Waals surface area contributed by atoms with E-state index in [0.29, 0.717) is 16.5 Å². The number of hydrogen-bond donors (Lipinski definition) is 0. The molecule has 1 unspecified atom stereocenters. The number of benzene rings is 2. The van der Waals surface area contributed by atoms with Crippen LogP contribution in [0.1, 0.15) is 30.0 Å². The van der Waals surface area contributed by atoms with E-state index in [1.807, 2.05) is 31.2 Å². The molecule has 0 spiro atoms. The highest BCUT2D eigenvalue weighted by Gasteiger charge is 2.35. The first-order valence-corrected chi connectivity index (χ1v) is 9.14. The number of sulfonamides is 1. The van der Waals surface area contributed by atoms with Crippen LogP contribution >= 0.6 is 11.6 Å². The average molecular weight is 336 g/mol. The number of rotatable bonds is 3. The van der Waals surface area contributed by atoms with Gasteiger partial charge in [-0.15, -0.1) is 0 Å². The second-order valence-corrected chi connectivity index (χ2v) is 7.97. The van der Waals surface area contributed by atoms with Crippen molar-refractivity contribution in [2.24, 2.45) is 0 Å². The summed E-state index contributed by atoms with van der Waals surface area (Å²) in [6, 6.07) is 14.4. The molecule has 2 aromatic carbocycles. The Bertz CT molecular complexity index is 754. The standard InChI is InChI=1S/C17H18ClNO2S/c1-13-4-6-14(7-5-13)17-3-2-12-19(17)22(20,21)16-10-8-15(18)9-11-16/h4-11,17H,2-3,12H2,1H3. The third kappa shape index (κ3) is 2.91. The van der Waals surface area contributed by atoms with Crippen LogP contribution in [-0.2, 0) is 10.0 Å². The summed E-state index contributed by atoms with van der Waals surface area (Å²) in [5, 5.41) is 0.537. The van der Waals surface area contributed by atoms with Crippen molar-refractivity contribution in [1.82, 2.24) is 4.31 Å². The number of aryl methyl sites for hydroxylation is 1. The van der Waals surface area contributed by atoms with Crippen LogP contribution in [0.25, 0.3) is 0 Å². The highest BCUT2D eigenvalue weighted by atomic mass is 35.5. The molecule has 3 nitrogen and oxygen atoms in total. The van der Waals surface area contributed by atoms with Gasteiger partial charge in [0, 0.05) is 11.6 Å². The Kier molecular flexibility index (Phi) is 4.26. The zero-order chi connectivity index (χ0) is 15.7. The molecule has 0 amide bonds. The fourth-order valence-electron chi connectivity index (χ4n) is 2.89. The summed E-state index contributed by atoms with van der Waals surface area (Å²) in [6.07, 6.45) is 1.74. The second-order valence-electron chi connectivity index (χ2n) is 5.64. The predicted octanol–water partition coefficient (Wildman–Crippen LogP) is 4.17. The van der Waals surface area contributed by atoms with Crippen LogP contribution in [-0.4, -0.2) is 19.3 Å². The van der Waals surface area contributed by atoms with E-state index in [-0.39, 0.29) is 6.04 Å². The van der Waals surface area contributed by atoms with Gasteiger partial charge >= 0.3 is 0 Å². The molecule has 116 valence electrons. The number of halogens is 1. The molecule has 5 heteroatoms. The molecular formula is C17H18ClNO2S. The quantitative estimate of drug-likeness (QED) is 0.844. The number of nitrogens with zero attached hydrogens (tertiary/aromatic N) is 1. The first-order chi connectivity index (χ1) is 10.5. The van der Waals surface area contributed by atoms with Crippen LogP contribution in [0.4, 0.5) is 0 Å². The third-order valence-corrected chi connectivity index (χ3v) is 6.26. The molecule has 1 fully saturated rings. The SMILES string of the molecule is Cc1ccc(C2CCCN2S(=O)(=O)c2ccc(Cl)cc2)cc1. The fraction of sp³-hybridized carbons (Fsp3) is 0.294. The van der Waals surface area contributed by atoms with E-state index in [9.17, 15) is 8.42 Å². The molecule has 0 bridgehead atoms. The van der Waals surface area contributed by atoms with Gasteiger partial charge in [-0.2, -0.15) is 4.31 Å². The van der Waals surface area contributed by atoms with Gasteiger partial charge in [0.1, 0.15) is 0 Å². The lowest BCUT2D eigenvalue weighted by atomic mass is 10.0. The second kappa shape index (κ2) is 6.03. The molecule has 1 atom stereocenters. The zero-order valence-electron chi connectivity index (χ0n) is 12.4. The van der Waals surface area contributed by atoms with Gasteiger partial charge in [0.25, 0.3) is 0 Å². The molecule has 22 heavy (non-hydrogen) atoms. The van der Waals surface area contributed by atoms with Crippen molar-refractivity contribution in [3.05, 3.63) is 64.7 Å². The van der Waals surface area contributed by atoms with Crippen LogP contribution in [0.2, 0.25) is 5.02 Å². The Hall–Kier alpha value is -1.36. The van der Waals surface area contributed by atoms with Gasteiger partial charge in [-0.3, -0.25) is 0 Å². The fourth-order valence-corrected chi connectivity index (χ4v) is 4.70. The molecule has 1 aliphatic heterocycles. The van der Waals surface area contributed by atoms with E-state index < -0.39 is 10.0 Å². The molecule has 1 aliphatic rings. The molecule has 0 aliphatic carbocycles. The summed E-state index contributed by atoms with van der Waals surface area (Å²) in [4.78, 5) is 0.302. The van der Waals surface area contributed by atoms with E-state index >= 15 is 0 Å². The molecule has 2 aromatic rings. The molecule has 3 rings (SSSR count). The van der Waals surface area contributed by atoms with Crippen LogP contribution in [0, 0.1) is 6.92 Å². The lowest BCUT2D eigenvalue weighted by Crippen LogP contribution is -2.30. The van der Waals surface area contributed by atoms with Gasteiger partial charge < -0.3 is 0 Å². The summed E-state index contributed by atoms with van der Waals surface area (Å²) in [5.41, 5.74) is 2.23. The lowest BCUT2D eigenvalue weighted by molar-refractivity contribution is 0.396. The smallest absolute Gasteiger partial charge is 0.207 e. The van der Waals surface area contributed by atoms with E-state index in [1.165, 1.54) is 5.56 Å². The van der Waals surface area contributed by atoms with Gasteiger partial charge in [-0.1, -0.05) is 41.4 Å². The van der Waals surface area contributed by atoms with Crippen LogP contribution in [0.5, 0.6) is 0 Å². The van der Waals surface area contributed by atoms with Gasteiger partial charge in [-0.05, 0) is 49.6 Å². The minimum atomic E-state index is -3.49. The van der Waals surface area contributed by atoms with Crippen molar-refractivity contribution in [1.29, 1.82) is 0 Å². The highest BCUT2D eigenvalue weighted by molar-refractivity contribution is 7.89. The van der Waals surface area contributed by atoms with Crippen molar-refractivity contribution in [2.45, 2.75) is 30.7 Å². The summed E-state index contributed by atoms with van der Waals surface area (Å²) in [5.74, 6) is 0. The maximum Gasteiger partial charge on any atom is 0.243 e. The Labute approximate surface area is 136 Å². The molecule has 1 heterocycles. The van der Waals surface area contributed by atoms with Crippen LogP contribution < -0.4 is 0 Å². The van der Waals surface area contributed by atoms with E-state index in [2.05, 4.69) is 0 Å². The maximum atomic E-state index is 12.9. The van der Waals surface area contributed by atoms with Gasteiger partial charge in [0.05, 0.1) is 10.9 Å². The minimum absolute atomic E-state index is 0.0821. The molecule has 0 N–H and O–H groups in total. The first-order valence-electron chi connectivity index (χ1n) is 7.32. The topological polar surface area (TPSA) is 37.4 Å². The van der Waals surface area contributed by atoms with Gasteiger partial charge in [0.15, 0.2) is 0 Å². The largest absolute Gasteiger partial charge is 0.243 e. The maximum absolute atomic E-state index is 12.9. The summed E-state index contributed by atoms with van der Waals surface area (Å²) in [7, 11) is -3.49. The third-order valence-electron chi connectivity index (χ3n) is 4.09. The van der Waals surface area contributed by atoms with Crippen molar-refractivity contribution in [2.75, 3.05) is 6.54 Å². The van der Waals surface area contributed by atoms with E-state index in [0.717, 1.165) is 18.4 Å². The average Bonchev–Trinajstić information content (AvgIpc) is 2.99. The van der Waals surface area contributed by atoms with E-state index in [4.69, 9.17) is 11.6 Å². The first kappa shape index (κ1) is 15.5. The highest BCUT2D eigenvalue weighted by Crippen LogP contribution is 2.36. The van der Waals surface area contributed by atoms with Crippen molar-refractivity contribution < 1.29 is 8.42 Å². The number of hydrogen-bond acceptors (Lipinski definition) is 2. The Morgan fingerprint density at radius 3 is 2.32 bits per heavy atom. The Balaban J connectivity index is 1.95. The van der Waals surface area contributed by atoms with Gasteiger partial charge in [0.2, 0.25) is 10.0 Å². The summed E-state index contributed by atoms with van der Waals surface area (Å²) in [6.45, 7) is 2.59. The van der Waals surface area contributed by atoms with Crippen molar-refractivity contribution in [3.63, 3.8) is 0 Å². The lowest BCUT2D eigenvalue weighted by Gasteiger charge is -2.24. The molecular weight excluding hydrogens is 318 g/mol. The zero-order valence-corrected chi connectivity index (χ0v) is 13.9. The summed E-state index contributed by atoms with van der Waals surface area (Å²) >= 11 is 5.85. The molecule has 0 saturated carbocycles. The normalized spacial score (nSPS) is 19.5. The molecule has 0 radical (unpaired) electrons. The predicted molar refractivity (Wildman–Crippen MR) is 88.5 cm³/mol. The van der Waals surface area contributed by atoms with Crippen LogP contribution in [0.3, 0.4) is 0 Å². The van der Waals surface area contributed by atoms with Crippen LogP contribution in [0.15, 0.2) is 53.4 Å². The van der Waals surface area contributed by atoms with Crippen molar-refractivity contribution >= 4 is 21.6 Å².